The number of cyclic esters (lactones) is 1. The predicted octanol–water partition coefficient (Wildman–Crippen LogP) is 3.01. The lowest BCUT2D eigenvalue weighted by molar-refractivity contribution is -0.318. The number of hydrogen-bond acceptors (Lipinski definition) is 10. The lowest BCUT2D eigenvalue weighted by Gasteiger charge is -2.47. The number of esters is 1. The highest BCUT2D eigenvalue weighted by atomic mass is 16.7. The average Bonchev–Trinajstić information content (AvgIpc) is 3.74. The van der Waals surface area contributed by atoms with Gasteiger partial charge in [-0.25, -0.2) is 0 Å². The molecule has 2 heterocycles. The molecule has 0 amide bonds. The SMILES string of the molecule is CO[C@]1(O)C[C@@H](C)CN(C)[C@H]([C@H]2C[C@@H](N(C)CC3CC3)C2)COC(=O)[C@H](C)C(=O)[C@H](C)[C@H]1O[C@H]1C[C@@H](N(C)C)C[C@@H](C)O1. The van der Waals surface area contributed by atoms with Gasteiger partial charge in [-0.2, -0.15) is 0 Å². The summed E-state index contributed by atoms with van der Waals surface area (Å²) in [5.74, 6) is -3.18. The second kappa shape index (κ2) is 14.5. The van der Waals surface area contributed by atoms with Crippen molar-refractivity contribution in [2.45, 2.75) is 115 Å². The zero-order valence-electron chi connectivity index (χ0n) is 28.2. The van der Waals surface area contributed by atoms with Gasteiger partial charge in [-0.05, 0) is 91.9 Å². The summed E-state index contributed by atoms with van der Waals surface area (Å²) < 4.78 is 24.3. The van der Waals surface area contributed by atoms with Crippen LogP contribution in [0.2, 0.25) is 0 Å². The molecule has 0 spiro atoms. The maximum absolute atomic E-state index is 13.8. The third kappa shape index (κ3) is 8.57. The molecular weight excluding hydrogens is 550 g/mol. The van der Waals surface area contributed by atoms with Gasteiger partial charge in [0.25, 0.3) is 0 Å². The Morgan fingerprint density at radius 2 is 1.70 bits per heavy atom. The van der Waals surface area contributed by atoms with Gasteiger partial charge in [-0.1, -0.05) is 13.8 Å². The molecule has 10 nitrogen and oxygen atoms in total. The summed E-state index contributed by atoms with van der Waals surface area (Å²) in [6.45, 7) is 9.50. The summed E-state index contributed by atoms with van der Waals surface area (Å²) in [5, 5.41) is 12.1. The third-order valence-corrected chi connectivity index (χ3v) is 10.7. The minimum absolute atomic E-state index is 0.00821. The van der Waals surface area contributed by atoms with Gasteiger partial charge in [0.15, 0.2) is 17.9 Å². The molecule has 0 aromatic rings. The summed E-state index contributed by atoms with van der Waals surface area (Å²) in [5.41, 5.74) is 0. The van der Waals surface area contributed by atoms with Crippen molar-refractivity contribution in [3.8, 4) is 0 Å². The van der Waals surface area contributed by atoms with E-state index < -0.39 is 36.0 Å². The van der Waals surface area contributed by atoms with Crippen LogP contribution in [0.1, 0.15) is 72.6 Å². The van der Waals surface area contributed by atoms with Crippen LogP contribution in [0.3, 0.4) is 0 Å². The minimum Gasteiger partial charge on any atom is -0.463 e. The largest absolute Gasteiger partial charge is 0.463 e. The number of rotatable bonds is 8. The second-order valence-electron chi connectivity index (χ2n) is 14.7. The van der Waals surface area contributed by atoms with E-state index in [0.717, 1.165) is 25.2 Å². The van der Waals surface area contributed by atoms with Gasteiger partial charge < -0.3 is 33.9 Å². The summed E-state index contributed by atoms with van der Waals surface area (Å²) in [7, 11) is 9.83. The van der Waals surface area contributed by atoms with Crippen molar-refractivity contribution in [2.75, 3.05) is 55.0 Å². The number of ether oxygens (including phenoxy) is 4. The maximum Gasteiger partial charge on any atom is 0.316 e. The van der Waals surface area contributed by atoms with Crippen molar-refractivity contribution in [3.63, 3.8) is 0 Å². The molecule has 10 heteroatoms. The quantitative estimate of drug-likeness (QED) is 0.251. The third-order valence-electron chi connectivity index (χ3n) is 10.7. The van der Waals surface area contributed by atoms with Crippen LogP contribution in [-0.2, 0) is 28.5 Å². The van der Waals surface area contributed by atoms with Crippen LogP contribution >= 0.6 is 0 Å². The molecule has 4 aliphatic rings. The molecule has 248 valence electrons. The molecule has 2 saturated carbocycles. The minimum atomic E-state index is -1.76. The van der Waals surface area contributed by atoms with Crippen molar-refractivity contribution in [1.82, 2.24) is 14.7 Å². The number of carbonyl (C=O) groups excluding carboxylic acids is 2. The summed E-state index contributed by atoms with van der Waals surface area (Å²) in [4.78, 5) is 34.0. The molecule has 4 fully saturated rings. The van der Waals surface area contributed by atoms with Gasteiger partial charge in [-0.3, -0.25) is 14.5 Å². The molecule has 9 atom stereocenters. The lowest BCUT2D eigenvalue weighted by Crippen LogP contribution is -2.56. The normalized spacial score (nSPS) is 42.6. The van der Waals surface area contributed by atoms with E-state index in [1.54, 1.807) is 13.8 Å². The van der Waals surface area contributed by atoms with Crippen LogP contribution in [-0.4, -0.2) is 129 Å². The van der Waals surface area contributed by atoms with E-state index in [0.29, 0.717) is 24.9 Å². The first kappa shape index (κ1) is 34.7. The van der Waals surface area contributed by atoms with E-state index in [4.69, 9.17) is 18.9 Å². The first-order chi connectivity index (χ1) is 20.2. The maximum atomic E-state index is 13.8. The number of aliphatic hydroxyl groups is 1. The molecule has 0 unspecified atom stereocenters. The average molecular weight is 610 g/mol. The Hall–Kier alpha value is -1.14. The smallest absolute Gasteiger partial charge is 0.316 e. The monoisotopic (exact) mass is 609 g/mol. The van der Waals surface area contributed by atoms with E-state index in [-0.39, 0.29) is 42.9 Å². The zero-order valence-corrected chi connectivity index (χ0v) is 28.2. The number of likely N-dealkylation sites (N-methyl/N-ethyl adjacent to an activating group) is 1. The molecule has 4 rings (SSSR count). The fourth-order valence-electron chi connectivity index (χ4n) is 7.60. The molecule has 2 aliphatic heterocycles. The number of methoxy groups -OCH3 is 1. The Labute approximate surface area is 259 Å². The lowest BCUT2D eigenvalue weighted by atomic mass is 9.74. The molecule has 2 aliphatic carbocycles. The molecule has 43 heavy (non-hydrogen) atoms. The first-order valence-electron chi connectivity index (χ1n) is 16.6. The van der Waals surface area contributed by atoms with Crippen molar-refractivity contribution in [3.05, 3.63) is 0 Å². The van der Waals surface area contributed by atoms with E-state index >= 15 is 0 Å². The van der Waals surface area contributed by atoms with Crippen LogP contribution in [0, 0.1) is 29.6 Å². The van der Waals surface area contributed by atoms with Crippen LogP contribution < -0.4 is 0 Å². The predicted molar refractivity (Wildman–Crippen MR) is 164 cm³/mol. The number of hydrogen-bond donors (Lipinski definition) is 1. The highest BCUT2D eigenvalue weighted by Crippen LogP contribution is 2.40. The van der Waals surface area contributed by atoms with Gasteiger partial charge in [0.2, 0.25) is 0 Å². The molecular formula is C33H59N3O7. The van der Waals surface area contributed by atoms with Crippen molar-refractivity contribution < 1.29 is 33.6 Å². The summed E-state index contributed by atoms with van der Waals surface area (Å²) in [6.07, 6.45) is 4.87. The van der Waals surface area contributed by atoms with Crippen molar-refractivity contribution in [2.24, 2.45) is 29.6 Å². The topological polar surface area (TPSA) is 101 Å². The molecule has 1 N–H and O–H groups in total. The van der Waals surface area contributed by atoms with Crippen LogP contribution in [0.5, 0.6) is 0 Å². The van der Waals surface area contributed by atoms with Gasteiger partial charge in [0.1, 0.15) is 18.6 Å². The Morgan fingerprint density at radius 3 is 2.30 bits per heavy atom. The van der Waals surface area contributed by atoms with Crippen LogP contribution in [0.15, 0.2) is 0 Å². The summed E-state index contributed by atoms with van der Waals surface area (Å²) >= 11 is 0. The molecule has 2 saturated heterocycles. The highest BCUT2D eigenvalue weighted by Gasteiger charge is 2.49. The van der Waals surface area contributed by atoms with Gasteiger partial charge in [-0.15, -0.1) is 0 Å². The van der Waals surface area contributed by atoms with E-state index in [2.05, 4.69) is 35.7 Å². The fraction of sp³-hybridized carbons (Fsp3) is 0.939. The van der Waals surface area contributed by atoms with E-state index in [1.807, 2.05) is 21.0 Å². The summed E-state index contributed by atoms with van der Waals surface area (Å²) in [6, 6.07) is 0.842. The van der Waals surface area contributed by atoms with Crippen LogP contribution in [0.25, 0.3) is 0 Å². The Morgan fingerprint density at radius 1 is 1.02 bits per heavy atom. The Balaban J connectivity index is 1.53. The second-order valence-corrected chi connectivity index (χ2v) is 14.7. The Kier molecular flexibility index (Phi) is 11.7. The highest BCUT2D eigenvalue weighted by molar-refractivity contribution is 5.99. The number of Topliss-reactive ketones (excluding diaryl/α,β-unsaturated/α-hetero) is 1. The van der Waals surface area contributed by atoms with Crippen molar-refractivity contribution >= 4 is 11.8 Å². The molecule has 0 aromatic heterocycles. The first-order valence-corrected chi connectivity index (χ1v) is 16.6. The number of ketones is 1. The van der Waals surface area contributed by atoms with E-state index in [1.165, 1.54) is 26.5 Å². The number of nitrogens with zero attached hydrogens (tertiary/aromatic N) is 3. The standard InChI is InChI=1S/C33H59N3O7/c1-20-16-33(39,40-9)31(43-29-15-26(34(5)6)12-21(2)42-29)22(3)30(37)23(4)32(38)41-19-28(36(8)17-20)25-13-27(14-25)35(7)18-24-10-11-24/h20-29,31,39H,10-19H2,1-9H3/t20-,21-,22+,23-,25-,26+,27+,28+,29+,31-,33-/m1/s1. The Bertz CT molecular complexity index is 941. The number of carbonyl (C=O) groups is 2. The zero-order chi connectivity index (χ0) is 31.6. The molecule has 0 aromatic carbocycles. The molecule has 0 radical (unpaired) electrons. The van der Waals surface area contributed by atoms with Gasteiger partial charge in [0, 0.05) is 57.1 Å². The van der Waals surface area contributed by atoms with Crippen LogP contribution in [0.4, 0.5) is 0 Å². The van der Waals surface area contributed by atoms with E-state index in [9.17, 15) is 14.7 Å². The van der Waals surface area contributed by atoms with Gasteiger partial charge in [0.05, 0.1) is 6.10 Å². The van der Waals surface area contributed by atoms with Crippen molar-refractivity contribution in [1.29, 1.82) is 0 Å². The molecule has 0 bridgehead atoms. The van der Waals surface area contributed by atoms with Gasteiger partial charge >= 0.3 is 5.97 Å². The fourth-order valence-corrected chi connectivity index (χ4v) is 7.60.